The molecule has 0 spiro atoms. The Hall–Kier alpha value is -0.940. The van der Waals surface area contributed by atoms with Gasteiger partial charge in [-0.3, -0.25) is 9.59 Å². The predicted molar refractivity (Wildman–Crippen MR) is 44.2 cm³/mol. The van der Waals surface area contributed by atoms with Gasteiger partial charge in [0.25, 0.3) is 0 Å². The maximum Gasteiger partial charge on any atom is 0.314 e. The Labute approximate surface area is 76.0 Å². The van der Waals surface area contributed by atoms with Gasteiger partial charge < -0.3 is 15.3 Å². The second kappa shape index (κ2) is 6.56. The fraction of sp³-hybridized carbons (Fsp3) is 0.750. The summed E-state index contributed by atoms with van der Waals surface area (Å²) in [6, 6.07) is 0. The largest absolute Gasteiger partial charge is 0.481 e. The first-order valence-corrected chi connectivity index (χ1v) is 4.10. The Morgan fingerprint density at radius 2 is 1.77 bits per heavy atom. The van der Waals surface area contributed by atoms with E-state index in [1.807, 2.05) is 0 Å². The second-order valence-electron chi connectivity index (χ2n) is 2.70. The lowest BCUT2D eigenvalue weighted by atomic mass is 9.97. The molecule has 5 nitrogen and oxygen atoms in total. The standard InChI is InChI=1S/C8H14O5/c9-4-1-2-7(11)6(3-5-10)8(12)13/h6,9-10H,1-5H2,(H,12,13). The van der Waals surface area contributed by atoms with Crippen LogP contribution >= 0.6 is 0 Å². The van der Waals surface area contributed by atoms with Crippen LogP contribution in [0.25, 0.3) is 0 Å². The van der Waals surface area contributed by atoms with Gasteiger partial charge in [0.2, 0.25) is 0 Å². The molecule has 0 aromatic heterocycles. The molecule has 0 aliphatic rings. The van der Waals surface area contributed by atoms with Gasteiger partial charge in [-0.25, -0.2) is 0 Å². The molecule has 5 heteroatoms. The molecule has 0 heterocycles. The minimum Gasteiger partial charge on any atom is -0.481 e. The predicted octanol–water partition coefficient (Wildman–Crippen LogP) is -0.589. The molecule has 3 N–H and O–H groups in total. The maximum absolute atomic E-state index is 11.1. The van der Waals surface area contributed by atoms with Crippen molar-refractivity contribution in [2.24, 2.45) is 5.92 Å². The molecule has 0 aliphatic carbocycles. The van der Waals surface area contributed by atoms with E-state index in [1.54, 1.807) is 0 Å². The highest BCUT2D eigenvalue weighted by atomic mass is 16.4. The van der Waals surface area contributed by atoms with E-state index in [1.165, 1.54) is 0 Å². The van der Waals surface area contributed by atoms with Gasteiger partial charge in [-0.15, -0.1) is 0 Å². The molecular weight excluding hydrogens is 176 g/mol. The molecule has 0 amide bonds. The highest BCUT2D eigenvalue weighted by molar-refractivity contribution is 5.98. The van der Waals surface area contributed by atoms with E-state index in [0.717, 1.165) is 0 Å². The van der Waals surface area contributed by atoms with Crippen LogP contribution in [0.5, 0.6) is 0 Å². The number of carbonyl (C=O) groups excluding carboxylic acids is 1. The number of carboxylic acid groups (broad SMARTS) is 1. The second-order valence-corrected chi connectivity index (χ2v) is 2.70. The van der Waals surface area contributed by atoms with E-state index >= 15 is 0 Å². The minimum absolute atomic E-state index is 0.0491. The molecule has 0 aliphatic heterocycles. The normalized spacial score (nSPS) is 12.5. The number of rotatable bonds is 7. The first kappa shape index (κ1) is 12.1. The summed E-state index contributed by atoms with van der Waals surface area (Å²) in [5.41, 5.74) is 0. The van der Waals surface area contributed by atoms with Crippen LogP contribution in [0.15, 0.2) is 0 Å². The van der Waals surface area contributed by atoms with E-state index in [2.05, 4.69) is 0 Å². The van der Waals surface area contributed by atoms with Crippen LogP contribution in [0, 0.1) is 5.92 Å². The number of Topliss-reactive ketones (excluding diaryl/α,β-unsaturated/α-hetero) is 1. The lowest BCUT2D eigenvalue weighted by molar-refractivity contribution is -0.147. The molecule has 1 atom stereocenters. The first-order chi connectivity index (χ1) is 6.13. The topological polar surface area (TPSA) is 94.8 Å². The molecular formula is C8H14O5. The smallest absolute Gasteiger partial charge is 0.314 e. The molecule has 0 radical (unpaired) electrons. The van der Waals surface area contributed by atoms with Gasteiger partial charge in [0.1, 0.15) is 11.7 Å². The number of aliphatic hydroxyl groups excluding tert-OH is 2. The van der Waals surface area contributed by atoms with E-state index in [0.29, 0.717) is 0 Å². The number of aliphatic carboxylic acids is 1. The fourth-order valence-electron chi connectivity index (χ4n) is 0.979. The summed E-state index contributed by atoms with van der Waals surface area (Å²) in [6.07, 6.45) is 0.265. The third kappa shape index (κ3) is 4.59. The van der Waals surface area contributed by atoms with Crippen molar-refractivity contribution >= 4 is 11.8 Å². The third-order valence-electron chi connectivity index (χ3n) is 1.69. The van der Waals surface area contributed by atoms with Crippen molar-refractivity contribution in [2.45, 2.75) is 19.3 Å². The van der Waals surface area contributed by atoms with Crippen molar-refractivity contribution in [2.75, 3.05) is 13.2 Å². The Bertz CT molecular complexity index is 177. The summed E-state index contributed by atoms with van der Waals surface area (Å²) in [4.78, 5) is 21.6. The quantitative estimate of drug-likeness (QED) is 0.466. The van der Waals surface area contributed by atoms with E-state index in [-0.39, 0.29) is 32.5 Å². The number of carbonyl (C=O) groups is 2. The molecule has 0 bridgehead atoms. The molecule has 0 saturated heterocycles. The van der Waals surface area contributed by atoms with Gasteiger partial charge >= 0.3 is 5.97 Å². The van der Waals surface area contributed by atoms with Crippen LogP contribution in [0.2, 0.25) is 0 Å². The SMILES string of the molecule is O=C(O)C(CCO)C(=O)CCCO. The maximum atomic E-state index is 11.1. The molecule has 0 fully saturated rings. The molecule has 0 rings (SSSR count). The van der Waals surface area contributed by atoms with Gasteiger partial charge in [0.15, 0.2) is 0 Å². The Morgan fingerprint density at radius 3 is 2.15 bits per heavy atom. The van der Waals surface area contributed by atoms with Gasteiger partial charge in [-0.05, 0) is 12.8 Å². The van der Waals surface area contributed by atoms with Crippen molar-refractivity contribution in [3.63, 3.8) is 0 Å². The molecule has 0 saturated carbocycles. The Morgan fingerprint density at radius 1 is 1.15 bits per heavy atom. The summed E-state index contributed by atoms with van der Waals surface area (Å²) in [6.45, 7) is -0.445. The fourth-order valence-corrected chi connectivity index (χ4v) is 0.979. The number of hydrogen-bond donors (Lipinski definition) is 3. The molecule has 0 aromatic carbocycles. The van der Waals surface area contributed by atoms with Crippen molar-refractivity contribution in [3.8, 4) is 0 Å². The van der Waals surface area contributed by atoms with Gasteiger partial charge in [-0.2, -0.15) is 0 Å². The Kier molecular flexibility index (Phi) is 6.09. The van der Waals surface area contributed by atoms with Crippen molar-refractivity contribution in [1.29, 1.82) is 0 Å². The van der Waals surface area contributed by atoms with E-state index in [4.69, 9.17) is 15.3 Å². The minimum atomic E-state index is -1.21. The summed E-state index contributed by atoms with van der Waals surface area (Å²) < 4.78 is 0. The zero-order valence-electron chi connectivity index (χ0n) is 7.27. The van der Waals surface area contributed by atoms with Gasteiger partial charge in [-0.1, -0.05) is 0 Å². The lowest BCUT2D eigenvalue weighted by Gasteiger charge is -2.08. The molecule has 0 aromatic rings. The highest BCUT2D eigenvalue weighted by Gasteiger charge is 2.24. The molecule has 1 unspecified atom stereocenters. The van der Waals surface area contributed by atoms with Crippen molar-refractivity contribution < 1.29 is 24.9 Å². The third-order valence-corrected chi connectivity index (χ3v) is 1.69. The van der Waals surface area contributed by atoms with Crippen LogP contribution in [0.4, 0.5) is 0 Å². The van der Waals surface area contributed by atoms with Crippen molar-refractivity contribution in [1.82, 2.24) is 0 Å². The Balaban J connectivity index is 4.03. The summed E-state index contributed by atoms with van der Waals surface area (Å²) >= 11 is 0. The van der Waals surface area contributed by atoms with Gasteiger partial charge in [0.05, 0.1) is 0 Å². The van der Waals surface area contributed by atoms with Crippen LogP contribution in [-0.2, 0) is 9.59 Å². The zero-order valence-corrected chi connectivity index (χ0v) is 7.27. The van der Waals surface area contributed by atoms with Crippen LogP contribution < -0.4 is 0 Å². The first-order valence-electron chi connectivity index (χ1n) is 4.10. The summed E-state index contributed by atoms with van der Waals surface area (Å²) in [5.74, 6) is -2.77. The lowest BCUT2D eigenvalue weighted by Crippen LogP contribution is -2.24. The molecule has 13 heavy (non-hydrogen) atoms. The van der Waals surface area contributed by atoms with E-state index < -0.39 is 17.7 Å². The highest BCUT2D eigenvalue weighted by Crippen LogP contribution is 2.08. The van der Waals surface area contributed by atoms with Crippen LogP contribution in [0.3, 0.4) is 0 Å². The molecule has 76 valence electrons. The van der Waals surface area contributed by atoms with Crippen LogP contribution in [0.1, 0.15) is 19.3 Å². The number of hydrogen-bond acceptors (Lipinski definition) is 4. The number of aliphatic hydroxyl groups is 2. The number of ketones is 1. The van der Waals surface area contributed by atoms with E-state index in [9.17, 15) is 9.59 Å². The average molecular weight is 190 g/mol. The van der Waals surface area contributed by atoms with Crippen LogP contribution in [-0.4, -0.2) is 40.3 Å². The summed E-state index contributed by atoms with van der Waals surface area (Å²) in [7, 11) is 0. The average Bonchev–Trinajstić information content (AvgIpc) is 2.09. The summed E-state index contributed by atoms with van der Waals surface area (Å²) in [5, 5.41) is 25.5. The monoisotopic (exact) mass is 190 g/mol. The number of carboxylic acids is 1. The van der Waals surface area contributed by atoms with Gasteiger partial charge in [0, 0.05) is 19.6 Å². The zero-order chi connectivity index (χ0) is 10.3. The van der Waals surface area contributed by atoms with Crippen molar-refractivity contribution in [3.05, 3.63) is 0 Å².